The first kappa shape index (κ1) is 20.2. The van der Waals surface area contributed by atoms with Crippen molar-refractivity contribution in [1.82, 2.24) is 19.7 Å². The van der Waals surface area contributed by atoms with Crippen LogP contribution in [0.5, 0.6) is 0 Å². The van der Waals surface area contributed by atoms with E-state index in [-0.39, 0.29) is 5.91 Å². The number of rotatable bonds is 9. The fourth-order valence-electron chi connectivity index (χ4n) is 3.94. The first-order valence-corrected chi connectivity index (χ1v) is 11.9. The van der Waals surface area contributed by atoms with Gasteiger partial charge in [-0.15, -0.1) is 10.2 Å². The maximum absolute atomic E-state index is 13.3. The van der Waals surface area contributed by atoms with Gasteiger partial charge < -0.3 is 13.7 Å². The highest BCUT2D eigenvalue weighted by atomic mass is 32.2. The first-order valence-electron chi connectivity index (χ1n) is 10.9. The Balaban J connectivity index is 1.31. The van der Waals surface area contributed by atoms with Crippen LogP contribution in [0.15, 0.2) is 62.6 Å². The van der Waals surface area contributed by atoms with Crippen molar-refractivity contribution in [2.24, 2.45) is 0 Å². The summed E-state index contributed by atoms with van der Waals surface area (Å²) < 4.78 is 13.2. The molecule has 2 aliphatic carbocycles. The van der Waals surface area contributed by atoms with Gasteiger partial charge in [0.2, 0.25) is 5.91 Å². The van der Waals surface area contributed by atoms with E-state index in [1.54, 1.807) is 12.5 Å². The number of thioether (sulfide) groups is 1. The van der Waals surface area contributed by atoms with Gasteiger partial charge in [0.25, 0.3) is 0 Å². The second-order valence-electron chi connectivity index (χ2n) is 8.07. The lowest BCUT2D eigenvalue weighted by Gasteiger charge is -2.27. The molecule has 0 spiro atoms. The molecule has 0 bridgehead atoms. The van der Waals surface area contributed by atoms with Gasteiger partial charge in [-0.25, -0.2) is 0 Å². The quantitative estimate of drug-likeness (QED) is 0.439. The number of amides is 1. The van der Waals surface area contributed by atoms with Crippen molar-refractivity contribution in [3.8, 4) is 0 Å². The van der Waals surface area contributed by atoms with E-state index in [0.717, 1.165) is 60.3 Å². The summed E-state index contributed by atoms with van der Waals surface area (Å²) in [5.74, 6) is 3.49. The molecule has 3 aromatic heterocycles. The average Bonchev–Trinajstić information content (AvgIpc) is 3.18. The van der Waals surface area contributed by atoms with Crippen LogP contribution in [-0.4, -0.2) is 31.3 Å². The molecule has 5 rings (SSSR count). The standard InChI is InChI=1S/C23H26N4O3S/c28-21(26(14-19-8-4-12-29-19)18-6-2-1-3-7-18)16-31-23-25-24-22(17-10-11-17)27(23)15-20-9-5-13-30-20/h4-6,8-9,12-13,17H,1-3,7,10-11,14-16H2. The molecule has 0 aromatic carbocycles. The molecule has 0 aliphatic heterocycles. The maximum atomic E-state index is 13.3. The van der Waals surface area contributed by atoms with Crippen molar-refractivity contribution in [3.63, 3.8) is 0 Å². The molecular formula is C23H26N4O3S. The van der Waals surface area contributed by atoms with Gasteiger partial charge in [0.1, 0.15) is 17.3 Å². The smallest absolute Gasteiger partial charge is 0.237 e. The summed E-state index contributed by atoms with van der Waals surface area (Å²) in [5, 5.41) is 9.61. The van der Waals surface area contributed by atoms with E-state index in [1.165, 1.54) is 18.2 Å². The largest absolute Gasteiger partial charge is 0.467 e. The van der Waals surface area contributed by atoms with E-state index >= 15 is 0 Å². The topological polar surface area (TPSA) is 77.3 Å². The van der Waals surface area contributed by atoms with Gasteiger partial charge in [-0.1, -0.05) is 17.8 Å². The third-order valence-electron chi connectivity index (χ3n) is 5.72. The second-order valence-corrected chi connectivity index (χ2v) is 9.01. The number of hydrogen-bond donors (Lipinski definition) is 0. The maximum Gasteiger partial charge on any atom is 0.237 e. The Labute approximate surface area is 185 Å². The summed E-state index contributed by atoms with van der Waals surface area (Å²) >= 11 is 1.45. The predicted molar refractivity (Wildman–Crippen MR) is 116 cm³/mol. The zero-order valence-electron chi connectivity index (χ0n) is 17.4. The summed E-state index contributed by atoms with van der Waals surface area (Å²) in [6, 6.07) is 7.62. The second kappa shape index (κ2) is 9.18. The molecule has 7 nitrogen and oxygen atoms in total. The van der Waals surface area contributed by atoms with Crippen LogP contribution in [0.4, 0.5) is 0 Å². The van der Waals surface area contributed by atoms with E-state index in [4.69, 9.17) is 8.83 Å². The van der Waals surface area contributed by atoms with Crippen LogP contribution in [0.25, 0.3) is 0 Å². The molecule has 3 aromatic rings. The number of carbonyl (C=O) groups excluding carboxylic acids is 1. The van der Waals surface area contributed by atoms with Crippen LogP contribution < -0.4 is 0 Å². The lowest BCUT2D eigenvalue weighted by molar-refractivity contribution is -0.127. The molecule has 31 heavy (non-hydrogen) atoms. The van der Waals surface area contributed by atoms with E-state index in [9.17, 15) is 4.79 Å². The van der Waals surface area contributed by atoms with Gasteiger partial charge in [0, 0.05) is 11.6 Å². The van der Waals surface area contributed by atoms with Crippen LogP contribution in [-0.2, 0) is 17.9 Å². The summed E-state index contributed by atoms with van der Waals surface area (Å²) in [6.07, 6.45) is 12.1. The number of aromatic nitrogens is 3. The van der Waals surface area contributed by atoms with Gasteiger partial charge in [0.05, 0.1) is 31.4 Å². The Morgan fingerprint density at radius 1 is 1.13 bits per heavy atom. The Hall–Kier alpha value is -2.74. The number of carbonyl (C=O) groups is 1. The van der Waals surface area contributed by atoms with Crippen molar-refractivity contribution in [3.05, 3.63) is 65.9 Å². The van der Waals surface area contributed by atoms with Crippen LogP contribution in [0.3, 0.4) is 0 Å². The molecule has 0 atom stereocenters. The minimum absolute atomic E-state index is 0.0649. The van der Waals surface area contributed by atoms with Gasteiger partial charge >= 0.3 is 0 Å². The number of hydrogen-bond acceptors (Lipinski definition) is 6. The molecule has 1 fully saturated rings. The summed E-state index contributed by atoms with van der Waals surface area (Å²) in [7, 11) is 0. The third kappa shape index (κ3) is 4.79. The van der Waals surface area contributed by atoms with E-state index in [2.05, 4.69) is 20.8 Å². The fraction of sp³-hybridized carbons (Fsp3) is 0.435. The number of nitrogens with zero attached hydrogens (tertiary/aromatic N) is 4. The number of allylic oxidation sites excluding steroid dienone is 2. The molecule has 0 radical (unpaired) electrons. The SMILES string of the molecule is O=C(CSc1nnc(C2CC2)n1Cc1ccco1)N(Cc1ccco1)C1=CCCCC1. The highest BCUT2D eigenvalue weighted by Crippen LogP contribution is 2.40. The van der Waals surface area contributed by atoms with E-state index in [0.29, 0.717) is 24.8 Å². The van der Waals surface area contributed by atoms with E-state index < -0.39 is 0 Å². The molecule has 3 heterocycles. The zero-order chi connectivity index (χ0) is 21.0. The minimum atomic E-state index is 0.0649. The Kier molecular flexibility index (Phi) is 5.97. The molecule has 1 saturated carbocycles. The molecular weight excluding hydrogens is 412 g/mol. The third-order valence-corrected chi connectivity index (χ3v) is 6.67. The molecule has 0 saturated heterocycles. The molecule has 2 aliphatic rings. The predicted octanol–water partition coefficient (Wildman–Crippen LogP) is 4.97. The zero-order valence-corrected chi connectivity index (χ0v) is 18.2. The van der Waals surface area contributed by atoms with Gasteiger partial charge in [0.15, 0.2) is 5.16 Å². The number of furan rings is 2. The molecule has 1 amide bonds. The van der Waals surface area contributed by atoms with Gasteiger partial charge in [-0.05, 0) is 62.8 Å². The average molecular weight is 439 g/mol. The summed E-state index contributed by atoms with van der Waals surface area (Å²) in [5.41, 5.74) is 1.10. The normalized spacial score (nSPS) is 16.3. The Bertz CT molecular complexity index is 1040. The lowest BCUT2D eigenvalue weighted by atomic mass is 10.0. The molecule has 162 valence electrons. The summed E-state index contributed by atoms with van der Waals surface area (Å²) in [4.78, 5) is 15.1. The van der Waals surface area contributed by atoms with Crippen molar-refractivity contribution < 1.29 is 13.6 Å². The van der Waals surface area contributed by atoms with Crippen LogP contribution >= 0.6 is 11.8 Å². The Morgan fingerprint density at radius 3 is 2.61 bits per heavy atom. The van der Waals surface area contributed by atoms with Crippen LogP contribution in [0.1, 0.15) is 61.8 Å². The monoisotopic (exact) mass is 438 g/mol. The molecule has 8 heteroatoms. The highest BCUT2D eigenvalue weighted by Gasteiger charge is 2.31. The molecule has 0 unspecified atom stereocenters. The van der Waals surface area contributed by atoms with Crippen LogP contribution in [0.2, 0.25) is 0 Å². The van der Waals surface area contributed by atoms with Crippen LogP contribution in [0, 0.1) is 0 Å². The van der Waals surface area contributed by atoms with Crippen molar-refractivity contribution in [2.45, 2.75) is 62.7 Å². The van der Waals surface area contributed by atoms with Gasteiger partial charge in [-0.3, -0.25) is 9.36 Å². The van der Waals surface area contributed by atoms with Crippen molar-refractivity contribution >= 4 is 17.7 Å². The highest BCUT2D eigenvalue weighted by molar-refractivity contribution is 7.99. The van der Waals surface area contributed by atoms with Crippen molar-refractivity contribution in [1.29, 1.82) is 0 Å². The van der Waals surface area contributed by atoms with Gasteiger partial charge in [-0.2, -0.15) is 0 Å². The first-order chi connectivity index (χ1) is 15.3. The minimum Gasteiger partial charge on any atom is -0.467 e. The van der Waals surface area contributed by atoms with E-state index in [1.807, 2.05) is 29.2 Å². The van der Waals surface area contributed by atoms with Crippen molar-refractivity contribution in [2.75, 3.05) is 5.75 Å². The summed E-state index contributed by atoms with van der Waals surface area (Å²) in [6.45, 7) is 1.05. The lowest BCUT2D eigenvalue weighted by Crippen LogP contribution is -2.32. The molecule has 0 N–H and O–H groups in total. The Morgan fingerprint density at radius 2 is 1.94 bits per heavy atom. The fourth-order valence-corrected chi connectivity index (χ4v) is 4.76.